The molecule has 3 aliphatic rings. The maximum absolute atomic E-state index is 13.1. The maximum Gasteiger partial charge on any atom is 0.309 e. The Labute approximate surface area is 244 Å². The fourth-order valence-electron chi connectivity index (χ4n) is 5.85. The first-order chi connectivity index (χ1) is 20.0. The molecule has 41 heavy (non-hydrogen) atoms. The third-order valence-corrected chi connectivity index (χ3v) is 9.18. The molecule has 6 rings (SSSR count). The zero-order valence-electron chi connectivity index (χ0n) is 23.6. The minimum atomic E-state index is -0.339. The molecule has 3 aliphatic heterocycles. The van der Waals surface area contributed by atoms with Crippen molar-refractivity contribution in [1.82, 2.24) is 19.9 Å². The summed E-state index contributed by atoms with van der Waals surface area (Å²) >= 11 is 1.52. The number of rotatable bonds is 8. The van der Waals surface area contributed by atoms with Gasteiger partial charge >= 0.3 is 5.97 Å². The van der Waals surface area contributed by atoms with Crippen LogP contribution < -0.4 is 15.0 Å². The molecule has 0 saturated carbocycles. The molecule has 11 heteroatoms. The number of esters is 1. The number of benzene rings is 1. The van der Waals surface area contributed by atoms with E-state index in [1.54, 1.807) is 6.20 Å². The number of ether oxygens (including phenoxy) is 2. The van der Waals surface area contributed by atoms with Gasteiger partial charge in [0, 0.05) is 42.5 Å². The SMILES string of the molecule is CCOC(=O)C1CCN(c2cnc(C(=O)Nc3nc(-c4ccc5c(c4)CCO5)c(CN4CCC[C@H]4C)s3)cn2)CC1. The molecule has 1 aromatic carbocycles. The standard InChI is InChI=1S/C30H36N6O4S/c1-3-39-29(38)20-8-12-35(13-9-20)26-17-31-23(16-32-26)28(37)34-30-33-27(22-6-7-24-21(15-22)10-14-40-24)25(41-30)18-36-11-4-5-19(36)2/h6-7,15-17,19-20H,3-5,8-14,18H2,1-2H3,(H,33,34,37)/t19-/m1/s1. The summed E-state index contributed by atoms with van der Waals surface area (Å²) in [4.78, 5) is 44.7. The molecule has 2 saturated heterocycles. The van der Waals surface area contributed by atoms with E-state index in [1.807, 2.05) is 13.0 Å². The molecule has 2 aromatic heterocycles. The lowest BCUT2D eigenvalue weighted by Gasteiger charge is -2.31. The molecule has 0 spiro atoms. The van der Waals surface area contributed by atoms with Crippen molar-refractivity contribution >= 4 is 34.2 Å². The third kappa shape index (κ3) is 6.06. The number of piperidine rings is 1. The van der Waals surface area contributed by atoms with Crippen molar-refractivity contribution in [2.45, 2.75) is 58.5 Å². The van der Waals surface area contributed by atoms with Crippen LogP contribution in [0.4, 0.5) is 10.9 Å². The predicted molar refractivity (Wildman–Crippen MR) is 157 cm³/mol. The maximum atomic E-state index is 13.1. The van der Waals surface area contributed by atoms with E-state index in [0.717, 1.165) is 41.4 Å². The van der Waals surface area contributed by atoms with Crippen LogP contribution in [-0.2, 0) is 22.5 Å². The Bertz CT molecular complexity index is 1400. The van der Waals surface area contributed by atoms with Gasteiger partial charge in [0.25, 0.3) is 5.91 Å². The third-order valence-electron chi connectivity index (χ3n) is 8.23. The second-order valence-corrected chi connectivity index (χ2v) is 12.0. The molecule has 1 atom stereocenters. The first kappa shape index (κ1) is 27.6. The van der Waals surface area contributed by atoms with Gasteiger partial charge in [0.1, 0.15) is 17.3 Å². The summed E-state index contributed by atoms with van der Waals surface area (Å²) < 4.78 is 10.9. The van der Waals surface area contributed by atoms with Gasteiger partial charge in [-0.15, -0.1) is 0 Å². The first-order valence-corrected chi connectivity index (χ1v) is 15.3. The summed E-state index contributed by atoms with van der Waals surface area (Å²) in [5.41, 5.74) is 3.38. The van der Waals surface area contributed by atoms with Crippen molar-refractivity contribution in [3.63, 3.8) is 0 Å². The quantitative estimate of drug-likeness (QED) is 0.386. The number of thiazole rings is 1. The highest BCUT2D eigenvalue weighted by Crippen LogP contribution is 2.37. The molecule has 0 radical (unpaired) electrons. The zero-order chi connectivity index (χ0) is 28.3. The van der Waals surface area contributed by atoms with Crippen LogP contribution in [0.25, 0.3) is 11.3 Å². The van der Waals surface area contributed by atoms with Gasteiger partial charge < -0.3 is 14.4 Å². The molecular formula is C30H36N6O4S. The molecular weight excluding hydrogens is 540 g/mol. The van der Waals surface area contributed by atoms with Crippen LogP contribution in [0.5, 0.6) is 5.75 Å². The van der Waals surface area contributed by atoms with E-state index >= 15 is 0 Å². The summed E-state index contributed by atoms with van der Waals surface area (Å²) in [6, 6.07) is 6.77. The van der Waals surface area contributed by atoms with Gasteiger partial charge in [-0.1, -0.05) is 11.3 Å². The predicted octanol–water partition coefficient (Wildman–Crippen LogP) is 4.55. The van der Waals surface area contributed by atoms with Crippen LogP contribution in [0.3, 0.4) is 0 Å². The number of fused-ring (bicyclic) bond motifs is 1. The van der Waals surface area contributed by atoms with Crippen LogP contribution in [0.1, 0.15) is 60.5 Å². The summed E-state index contributed by atoms with van der Waals surface area (Å²) in [6.07, 6.45) is 7.85. The Balaban J connectivity index is 1.15. The van der Waals surface area contributed by atoms with Gasteiger partial charge in [0.15, 0.2) is 5.13 Å². The fourth-order valence-corrected chi connectivity index (χ4v) is 6.86. The second kappa shape index (κ2) is 12.1. The number of hydrogen-bond donors (Lipinski definition) is 1. The minimum Gasteiger partial charge on any atom is -0.493 e. The van der Waals surface area contributed by atoms with E-state index < -0.39 is 0 Å². The highest BCUT2D eigenvalue weighted by atomic mass is 32.1. The molecule has 5 heterocycles. The van der Waals surface area contributed by atoms with E-state index in [1.165, 1.54) is 35.9 Å². The van der Waals surface area contributed by atoms with Gasteiger partial charge in [0.2, 0.25) is 0 Å². The van der Waals surface area contributed by atoms with E-state index in [0.29, 0.717) is 56.1 Å². The number of aromatic nitrogens is 3. The Morgan fingerprint density at radius 3 is 2.73 bits per heavy atom. The van der Waals surface area contributed by atoms with E-state index in [4.69, 9.17) is 14.5 Å². The van der Waals surface area contributed by atoms with E-state index in [-0.39, 0.29) is 23.5 Å². The van der Waals surface area contributed by atoms with Crippen LogP contribution in [0, 0.1) is 5.92 Å². The van der Waals surface area contributed by atoms with Crippen molar-refractivity contribution in [1.29, 1.82) is 0 Å². The Morgan fingerprint density at radius 1 is 1.15 bits per heavy atom. The Hall–Kier alpha value is -3.57. The summed E-state index contributed by atoms with van der Waals surface area (Å²) in [5.74, 6) is 1.10. The van der Waals surface area contributed by atoms with E-state index in [9.17, 15) is 9.59 Å². The number of anilines is 2. The number of likely N-dealkylation sites (tertiary alicyclic amines) is 1. The van der Waals surface area contributed by atoms with Crippen molar-refractivity contribution < 1.29 is 19.1 Å². The zero-order valence-corrected chi connectivity index (χ0v) is 24.4. The van der Waals surface area contributed by atoms with E-state index in [2.05, 4.69) is 44.1 Å². The number of nitrogens with zero attached hydrogens (tertiary/aromatic N) is 5. The van der Waals surface area contributed by atoms with Crippen molar-refractivity contribution in [3.8, 4) is 17.0 Å². The van der Waals surface area contributed by atoms with Gasteiger partial charge in [-0.05, 0) is 69.8 Å². The molecule has 0 bridgehead atoms. The van der Waals surface area contributed by atoms with Crippen LogP contribution in [0.2, 0.25) is 0 Å². The van der Waals surface area contributed by atoms with Crippen molar-refractivity contribution in [2.24, 2.45) is 5.92 Å². The summed E-state index contributed by atoms with van der Waals surface area (Å²) in [6.45, 7) is 8.47. The lowest BCUT2D eigenvalue weighted by atomic mass is 9.97. The second-order valence-electron chi connectivity index (χ2n) is 10.9. The number of hydrogen-bond acceptors (Lipinski definition) is 10. The molecule has 3 aromatic rings. The van der Waals surface area contributed by atoms with Gasteiger partial charge in [-0.3, -0.25) is 19.8 Å². The number of carbonyl (C=O) groups excluding carboxylic acids is 2. The lowest BCUT2D eigenvalue weighted by molar-refractivity contribution is -0.148. The van der Waals surface area contributed by atoms with Gasteiger partial charge in [0.05, 0.1) is 37.2 Å². The van der Waals surface area contributed by atoms with Gasteiger partial charge in [-0.2, -0.15) is 0 Å². The topological polar surface area (TPSA) is 110 Å². The normalized spacial score (nSPS) is 19.2. The molecule has 0 aliphatic carbocycles. The molecule has 0 unspecified atom stereocenters. The Kier molecular flexibility index (Phi) is 8.16. The van der Waals surface area contributed by atoms with Crippen LogP contribution in [0.15, 0.2) is 30.6 Å². The smallest absolute Gasteiger partial charge is 0.309 e. The average molecular weight is 577 g/mol. The first-order valence-electron chi connectivity index (χ1n) is 14.5. The lowest BCUT2D eigenvalue weighted by Crippen LogP contribution is -2.37. The van der Waals surface area contributed by atoms with Crippen molar-refractivity contribution in [3.05, 3.63) is 46.7 Å². The van der Waals surface area contributed by atoms with Crippen LogP contribution >= 0.6 is 11.3 Å². The number of carbonyl (C=O) groups is 2. The largest absolute Gasteiger partial charge is 0.493 e. The molecule has 1 N–H and O–H groups in total. The highest BCUT2D eigenvalue weighted by molar-refractivity contribution is 7.16. The average Bonchev–Trinajstić information content (AvgIpc) is 3.73. The summed E-state index contributed by atoms with van der Waals surface area (Å²) in [7, 11) is 0. The molecule has 2 fully saturated rings. The molecule has 216 valence electrons. The van der Waals surface area contributed by atoms with Crippen molar-refractivity contribution in [2.75, 3.05) is 43.1 Å². The molecule has 10 nitrogen and oxygen atoms in total. The fraction of sp³-hybridized carbons (Fsp3) is 0.500. The van der Waals surface area contributed by atoms with Gasteiger partial charge in [-0.25, -0.2) is 15.0 Å². The molecule has 1 amide bonds. The monoisotopic (exact) mass is 576 g/mol. The summed E-state index contributed by atoms with van der Waals surface area (Å²) in [5, 5.41) is 3.52. The minimum absolute atomic E-state index is 0.0730. The Morgan fingerprint density at radius 2 is 2.00 bits per heavy atom. The number of amides is 1. The number of nitrogens with one attached hydrogen (secondary N) is 1. The highest BCUT2D eigenvalue weighted by Gasteiger charge is 2.28. The van der Waals surface area contributed by atoms with Crippen LogP contribution in [-0.4, -0.2) is 70.6 Å².